The maximum absolute atomic E-state index is 13.1. The van der Waals surface area contributed by atoms with E-state index >= 15 is 0 Å². The Morgan fingerprint density at radius 2 is 1.70 bits per heavy atom. The van der Waals surface area contributed by atoms with Gasteiger partial charge in [0, 0.05) is 24.1 Å². The number of methoxy groups -OCH3 is 1. The SMILES string of the molecule is COc1cc(-c2ccc3c(c2)Nc2ccc(CCOc4cccc5ncccc45)cc2NC3=O)ccc1[N+](=O)[O-]. The molecule has 40 heavy (non-hydrogen) atoms. The number of aromatic nitrogens is 1. The number of nitrogens with one attached hydrogen (secondary N) is 2. The predicted molar refractivity (Wildman–Crippen MR) is 154 cm³/mol. The van der Waals surface area contributed by atoms with Gasteiger partial charge in [-0.2, -0.15) is 0 Å². The van der Waals surface area contributed by atoms with Gasteiger partial charge >= 0.3 is 5.69 Å². The van der Waals surface area contributed by atoms with Crippen molar-refractivity contribution in [2.45, 2.75) is 6.42 Å². The van der Waals surface area contributed by atoms with Crippen LogP contribution < -0.4 is 20.1 Å². The lowest BCUT2D eigenvalue weighted by molar-refractivity contribution is -0.385. The number of anilines is 3. The molecule has 5 aromatic rings. The van der Waals surface area contributed by atoms with Gasteiger partial charge in [-0.15, -0.1) is 0 Å². The summed E-state index contributed by atoms with van der Waals surface area (Å²) in [6.45, 7) is 0.469. The van der Waals surface area contributed by atoms with Gasteiger partial charge in [0.05, 0.1) is 46.8 Å². The summed E-state index contributed by atoms with van der Waals surface area (Å²) in [4.78, 5) is 28.3. The van der Waals surface area contributed by atoms with Crippen LogP contribution in [0.25, 0.3) is 22.0 Å². The smallest absolute Gasteiger partial charge is 0.310 e. The molecule has 4 aromatic carbocycles. The molecule has 0 atom stereocenters. The van der Waals surface area contributed by atoms with Gasteiger partial charge < -0.3 is 20.1 Å². The molecule has 6 rings (SSSR count). The first-order valence-electron chi connectivity index (χ1n) is 12.6. The lowest BCUT2D eigenvalue weighted by Crippen LogP contribution is -2.11. The van der Waals surface area contributed by atoms with Crippen LogP contribution in [0.1, 0.15) is 15.9 Å². The number of ether oxygens (including phenoxy) is 2. The van der Waals surface area contributed by atoms with Crippen molar-refractivity contribution in [3.63, 3.8) is 0 Å². The van der Waals surface area contributed by atoms with Gasteiger partial charge in [-0.3, -0.25) is 19.9 Å². The second kappa shape index (κ2) is 10.4. The van der Waals surface area contributed by atoms with E-state index in [1.54, 1.807) is 24.4 Å². The van der Waals surface area contributed by atoms with Crippen LogP contribution in [0.2, 0.25) is 0 Å². The molecule has 9 nitrogen and oxygen atoms in total. The summed E-state index contributed by atoms with van der Waals surface area (Å²) in [5, 5.41) is 18.6. The number of nitro benzene ring substituents is 1. The fourth-order valence-electron chi connectivity index (χ4n) is 4.81. The third-order valence-corrected chi connectivity index (χ3v) is 6.83. The van der Waals surface area contributed by atoms with Crippen LogP contribution >= 0.6 is 0 Å². The summed E-state index contributed by atoms with van der Waals surface area (Å²) >= 11 is 0. The number of carbonyl (C=O) groups excluding carboxylic acids is 1. The zero-order valence-electron chi connectivity index (χ0n) is 21.5. The zero-order valence-corrected chi connectivity index (χ0v) is 21.5. The van der Waals surface area contributed by atoms with Gasteiger partial charge in [0.2, 0.25) is 0 Å². The number of nitro groups is 1. The highest BCUT2D eigenvalue weighted by atomic mass is 16.6. The standard InChI is InChI=1S/C31H24N4O5/c1-39-30-18-21(9-12-28(30)35(37)38)20-8-10-23-26(17-20)33-25-11-7-19(16-27(25)34-31(23)36)13-15-40-29-6-2-5-24-22(29)4-3-14-32-24/h2-12,14,16-18,33H,13,15H2,1H3,(H,34,36). The molecule has 9 heteroatoms. The number of fused-ring (bicyclic) bond motifs is 3. The third kappa shape index (κ3) is 4.76. The molecule has 0 radical (unpaired) electrons. The van der Waals surface area contributed by atoms with Crippen molar-refractivity contribution in [2.75, 3.05) is 24.4 Å². The molecule has 0 spiro atoms. The highest BCUT2D eigenvalue weighted by molar-refractivity contribution is 6.12. The highest BCUT2D eigenvalue weighted by Gasteiger charge is 2.21. The second-order valence-corrected chi connectivity index (χ2v) is 9.29. The number of pyridine rings is 1. The van der Waals surface area contributed by atoms with Crippen molar-refractivity contribution in [1.82, 2.24) is 4.98 Å². The Morgan fingerprint density at radius 3 is 2.55 bits per heavy atom. The number of hydrogen-bond acceptors (Lipinski definition) is 7. The van der Waals surface area contributed by atoms with Crippen molar-refractivity contribution in [2.24, 2.45) is 0 Å². The Kier molecular flexibility index (Phi) is 6.45. The Labute approximate surface area is 229 Å². The third-order valence-electron chi connectivity index (χ3n) is 6.83. The van der Waals surface area contributed by atoms with E-state index in [1.165, 1.54) is 13.2 Å². The summed E-state index contributed by atoms with van der Waals surface area (Å²) < 4.78 is 11.3. The Balaban J connectivity index is 1.21. The molecular formula is C31H24N4O5. The molecule has 0 saturated carbocycles. The molecule has 1 aromatic heterocycles. The Morgan fingerprint density at radius 1 is 0.850 bits per heavy atom. The molecule has 2 N–H and O–H groups in total. The largest absolute Gasteiger partial charge is 0.493 e. The van der Waals surface area contributed by atoms with Crippen molar-refractivity contribution >= 4 is 39.6 Å². The molecular weight excluding hydrogens is 508 g/mol. The topological polar surface area (TPSA) is 116 Å². The van der Waals surface area contributed by atoms with Crippen LogP contribution in [-0.4, -0.2) is 29.5 Å². The summed E-state index contributed by atoms with van der Waals surface area (Å²) in [7, 11) is 1.40. The first-order valence-corrected chi connectivity index (χ1v) is 12.6. The minimum atomic E-state index is -0.482. The monoisotopic (exact) mass is 532 g/mol. The van der Waals surface area contributed by atoms with E-state index < -0.39 is 4.92 Å². The second-order valence-electron chi connectivity index (χ2n) is 9.29. The highest BCUT2D eigenvalue weighted by Crippen LogP contribution is 2.37. The normalized spacial score (nSPS) is 12.0. The van der Waals surface area contributed by atoms with Crippen molar-refractivity contribution in [3.05, 3.63) is 112 Å². The Bertz CT molecular complexity index is 1780. The minimum absolute atomic E-state index is 0.109. The van der Waals surface area contributed by atoms with Crippen LogP contribution in [0.4, 0.5) is 22.7 Å². The van der Waals surface area contributed by atoms with Gasteiger partial charge in [-0.05, 0) is 77.4 Å². The van der Waals surface area contributed by atoms with Crippen molar-refractivity contribution in [3.8, 4) is 22.6 Å². The first-order chi connectivity index (χ1) is 19.5. The quantitative estimate of drug-likeness (QED) is 0.176. The zero-order chi connectivity index (χ0) is 27.6. The van der Waals surface area contributed by atoms with E-state index in [9.17, 15) is 14.9 Å². The first kappa shape index (κ1) is 24.9. The van der Waals surface area contributed by atoms with Gasteiger partial charge in [0.1, 0.15) is 5.75 Å². The lowest BCUT2D eigenvalue weighted by Gasteiger charge is -2.13. The van der Waals surface area contributed by atoms with E-state index in [0.717, 1.165) is 39.0 Å². The number of hydrogen-bond donors (Lipinski definition) is 2. The number of rotatable bonds is 7. The fraction of sp³-hybridized carbons (Fsp3) is 0.0968. The molecule has 1 aliphatic rings. The molecule has 1 amide bonds. The minimum Gasteiger partial charge on any atom is -0.493 e. The van der Waals surface area contributed by atoms with Gasteiger partial charge in [0.25, 0.3) is 5.91 Å². The predicted octanol–water partition coefficient (Wildman–Crippen LogP) is 6.75. The number of nitrogens with zero attached hydrogens (tertiary/aromatic N) is 2. The molecule has 2 heterocycles. The maximum Gasteiger partial charge on any atom is 0.310 e. The summed E-state index contributed by atoms with van der Waals surface area (Å²) in [5.41, 5.74) is 5.86. The number of carbonyl (C=O) groups is 1. The summed E-state index contributed by atoms with van der Waals surface area (Å²) in [6, 6.07) is 25.7. The van der Waals surface area contributed by atoms with Crippen LogP contribution in [0, 0.1) is 10.1 Å². The average Bonchev–Trinajstić information content (AvgIpc) is 3.11. The van der Waals surface area contributed by atoms with Crippen LogP contribution in [0.3, 0.4) is 0 Å². The van der Waals surface area contributed by atoms with Crippen molar-refractivity contribution in [1.29, 1.82) is 0 Å². The van der Waals surface area contributed by atoms with E-state index in [4.69, 9.17) is 9.47 Å². The fourth-order valence-corrected chi connectivity index (χ4v) is 4.81. The molecule has 0 saturated heterocycles. The van der Waals surface area contributed by atoms with E-state index in [-0.39, 0.29) is 17.3 Å². The molecule has 0 fully saturated rings. The molecule has 198 valence electrons. The van der Waals surface area contributed by atoms with Gasteiger partial charge in [-0.1, -0.05) is 18.2 Å². The van der Waals surface area contributed by atoms with Crippen molar-refractivity contribution < 1.29 is 19.2 Å². The average molecular weight is 533 g/mol. The lowest BCUT2D eigenvalue weighted by atomic mass is 10.0. The number of amides is 1. The van der Waals surface area contributed by atoms with Crippen LogP contribution in [-0.2, 0) is 6.42 Å². The van der Waals surface area contributed by atoms with E-state index in [1.807, 2.05) is 60.7 Å². The van der Waals surface area contributed by atoms with Gasteiger partial charge in [0.15, 0.2) is 5.75 Å². The van der Waals surface area contributed by atoms with Crippen LogP contribution in [0.5, 0.6) is 11.5 Å². The van der Waals surface area contributed by atoms with Gasteiger partial charge in [-0.25, -0.2) is 0 Å². The van der Waals surface area contributed by atoms with E-state index in [0.29, 0.717) is 30.0 Å². The van der Waals surface area contributed by atoms with E-state index in [2.05, 4.69) is 15.6 Å². The molecule has 0 unspecified atom stereocenters. The van der Waals surface area contributed by atoms with Crippen LogP contribution in [0.15, 0.2) is 91.1 Å². The molecule has 0 aliphatic carbocycles. The molecule has 1 aliphatic heterocycles. The number of benzene rings is 4. The summed E-state index contributed by atoms with van der Waals surface area (Å²) in [5.74, 6) is 0.722. The molecule has 0 bridgehead atoms. The summed E-state index contributed by atoms with van der Waals surface area (Å²) in [6.07, 6.45) is 2.41. The maximum atomic E-state index is 13.1. The Hall–Kier alpha value is -5.44.